The third-order valence-electron chi connectivity index (χ3n) is 3.61. The van der Waals surface area contributed by atoms with E-state index in [1.165, 1.54) is 6.07 Å². The Morgan fingerprint density at radius 2 is 2.00 bits per heavy atom. The van der Waals surface area contributed by atoms with Crippen molar-refractivity contribution in [2.75, 3.05) is 0 Å². The van der Waals surface area contributed by atoms with Crippen LogP contribution in [-0.2, 0) is 11.8 Å². The molecule has 1 aromatic heterocycles. The Labute approximate surface area is 92.5 Å². The number of aromatic amines is 1. The van der Waals surface area contributed by atoms with E-state index in [9.17, 15) is 8.78 Å². The second-order valence-electron chi connectivity index (χ2n) is 5.17. The summed E-state index contributed by atoms with van der Waals surface area (Å²) < 4.78 is 26.8. The summed E-state index contributed by atoms with van der Waals surface area (Å²) in [4.78, 5) is 3.12. The number of fused-ring (bicyclic) bond motifs is 3. The first-order valence-corrected chi connectivity index (χ1v) is 5.49. The van der Waals surface area contributed by atoms with Crippen LogP contribution in [0.2, 0.25) is 0 Å². The van der Waals surface area contributed by atoms with Gasteiger partial charge in [-0.05, 0) is 24.5 Å². The van der Waals surface area contributed by atoms with Crippen molar-refractivity contribution in [2.24, 2.45) is 0 Å². The standard InChI is InChI=1S/C13H13F2N/c1-13(2)4-3-8-9-5-7(14)6-10(15)11(9)16-12(8)13/h5-6,16H,3-4H2,1-2H3. The number of benzene rings is 1. The maximum atomic E-state index is 13.6. The van der Waals surface area contributed by atoms with Crippen molar-refractivity contribution in [3.05, 3.63) is 35.0 Å². The molecule has 3 heteroatoms. The Kier molecular flexibility index (Phi) is 1.74. The lowest BCUT2D eigenvalue weighted by molar-refractivity contribution is 0.509. The average molecular weight is 221 g/mol. The zero-order valence-corrected chi connectivity index (χ0v) is 9.32. The molecule has 0 radical (unpaired) electrons. The molecule has 0 amide bonds. The molecule has 2 aromatic rings. The Morgan fingerprint density at radius 1 is 1.25 bits per heavy atom. The van der Waals surface area contributed by atoms with Crippen LogP contribution in [-0.4, -0.2) is 4.98 Å². The van der Waals surface area contributed by atoms with Gasteiger partial charge >= 0.3 is 0 Å². The minimum atomic E-state index is -0.503. The summed E-state index contributed by atoms with van der Waals surface area (Å²) in [6.07, 6.45) is 1.92. The SMILES string of the molecule is CC1(C)CCc2c1[nH]c1c(F)cc(F)cc21. The van der Waals surface area contributed by atoms with E-state index in [-0.39, 0.29) is 5.41 Å². The third kappa shape index (κ3) is 1.14. The molecule has 1 aromatic carbocycles. The van der Waals surface area contributed by atoms with Crippen LogP contribution in [0.4, 0.5) is 8.78 Å². The van der Waals surface area contributed by atoms with Crippen LogP contribution in [0.25, 0.3) is 10.9 Å². The van der Waals surface area contributed by atoms with Crippen molar-refractivity contribution in [1.82, 2.24) is 4.98 Å². The summed E-state index contributed by atoms with van der Waals surface area (Å²) in [6, 6.07) is 2.36. The van der Waals surface area contributed by atoms with Gasteiger partial charge in [-0.25, -0.2) is 8.78 Å². The van der Waals surface area contributed by atoms with Crippen LogP contribution in [0.3, 0.4) is 0 Å². The van der Waals surface area contributed by atoms with Gasteiger partial charge in [0.2, 0.25) is 0 Å². The van der Waals surface area contributed by atoms with Gasteiger partial charge in [-0.2, -0.15) is 0 Å². The normalized spacial score (nSPS) is 18.0. The van der Waals surface area contributed by atoms with Crippen LogP contribution in [0, 0.1) is 11.6 Å². The number of rotatable bonds is 0. The fraction of sp³-hybridized carbons (Fsp3) is 0.385. The Morgan fingerprint density at radius 3 is 2.75 bits per heavy atom. The second-order valence-corrected chi connectivity index (χ2v) is 5.17. The van der Waals surface area contributed by atoms with Crippen molar-refractivity contribution < 1.29 is 8.78 Å². The Hall–Kier alpha value is -1.38. The summed E-state index contributed by atoms with van der Waals surface area (Å²) in [6.45, 7) is 4.25. The summed E-state index contributed by atoms with van der Waals surface area (Å²) in [5.74, 6) is -1.00. The van der Waals surface area contributed by atoms with Crippen molar-refractivity contribution in [1.29, 1.82) is 0 Å². The molecule has 0 aliphatic heterocycles. The predicted octanol–water partition coefficient (Wildman–Crippen LogP) is 3.67. The van der Waals surface area contributed by atoms with E-state index in [4.69, 9.17) is 0 Å². The Bertz CT molecular complexity index is 581. The van der Waals surface area contributed by atoms with Gasteiger partial charge in [0.05, 0.1) is 5.52 Å². The van der Waals surface area contributed by atoms with Crippen molar-refractivity contribution in [3.8, 4) is 0 Å². The number of aryl methyl sites for hydroxylation is 1. The quantitative estimate of drug-likeness (QED) is 0.698. The smallest absolute Gasteiger partial charge is 0.150 e. The molecule has 0 bridgehead atoms. The molecule has 16 heavy (non-hydrogen) atoms. The highest BCUT2D eigenvalue weighted by molar-refractivity contribution is 5.86. The average Bonchev–Trinajstić information content (AvgIpc) is 2.66. The molecule has 1 N–H and O–H groups in total. The van der Waals surface area contributed by atoms with Crippen molar-refractivity contribution in [3.63, 3.8) is 0 Å². The van der Waals surface area contributed by atoms with Gasteiger partial charge in [0, 0.05) is 22.6 Å². The van der Waals surface area contributed by atoms with Gasteiger partial charge in [-0.15, -0.1) is 0 Å². The van der Waals surface area contributed by atoms with Gasteiger partial charge in [-0.3, -0.25) is 0 Å². The molecular weight excluding hydrogens is 208 g/mol. The van der Waals surface area contributed by atoms with Crippen molar-refractivity contribution >= 4 is 10.9 Å². The van der Waals surface area contributed by atoms with E-state index in [0.717, 1.165) is 30.2 Å². The highest BCUT2D eigenvalue weighted by Crippen LogP contribution is 2.42. The molecule has 0 spiro atoms. The summed E-state index contributed by atoms with van der Waals surface area (Å²) in [5, 5.41) is 0.707. The minimum absolute atomic E-state index is 0.0390. The fourth-order valence-corrected chi connectivity index (χ4v) is 2.67. The lowest BCUT2D eigenvalue weighted by Crippen LogP contribution is -2.12. The number of halogens is 2. The van der Waals surface area contributed by atoms with Gasteiger partial charge in [0.25, 0.3) is 0 Å². The third-order valence-corrected chi connectivity index (χ3v) is 3.61. The molecule has 0 fully saturated rings. The number of aromatic nitrogens is 1. The molecule has 0 saturated carbocycles. The molecule has 1 nitrogen and oxygen atoms in total. The van der Waals surface area contributed by atoms with Gasteiger partial charge in [-0.1, -0.05) is 13.8 Å². The minimum Gasteiger partial charge on any atom is -0.355 e. The number of hydrogen-bond donors (Lipinski definition) is 1. The van der Waals surface area contributed by atoms with E-state index in [2.05, 4.69) is 18.8 Å². The van der Waals surface area contributed by atoms with Crippen LogP contribution < -0.4 is 0 Å². The highest BCUT2D eigenvalue weighted by atomic mass is 19.1. The highest BCUT2D eigenvalue weighted by Gasteiger charge is 2.33. The maximum Gasteiger partial charge on any atom is 0.150 e. The van der Waals surface area contributed by atoms with Crippen LogP contribution in [0.5, 0.6) is 0 Å². The van der Waals surface area contributed by atoms with E-state index >= 15 is 0 Å². The number of nitrogens with one attached hydrogen (secondary N) is 1. The van der Waals surface area contributed by atoms with E-state index in [0.29, 0.717) is 10.9 Å². The first kappa shape index (κ1) is 9.82. The van der Waals surface area contributed by atoms with Gasteiger partial charge < -0.3 is 4.98 Å². The zero-order chi connectivity index (χ0) is 11.5. The molecule has 1 heterocycles. The lowest BCUT2D eigenvalue weighted by atomic mass is 9.91. The molecule has 0 atom stereocenters. The summed E-state index contributed by atoms with van der Waals surface area (Å²) in [5.41, 5.74) is 2.63. The first-order valence-electron chi connectivity index (χ1n) is 5.49. The van der Waals surface area contributed by atoms with Crippen LogP contribution >= 0.6 is 0 Å². The van der Waals surface area contributed by atoms with Gasteiger partial charge in [0.15, 0.2) is 0 Å². The van der Waals surface area contributed by atoms with Crippen molar-refractivity contribution in [2.45, 2.75) is 32.1 Å². The topological polar surface area (TPSA) is 15.8 Å². The first-order chi connectivity index (χ1) is 7.49. The fourth-order valence-electron chi connectivity index (χ4n) is 2.67. The molecule has 0 unspecified atom stereocenters. The van der Waals surface area contributed by atoms with Crippen LogP contribution in [0.1, 0.15) is 31.5 Å². The monoisotopic (exact) mass is 221 g/mol. The van der Waals surface area contributed by atoms with Crippen LogP contribution in [0.15, 0.2) is 12.1 Å². The zero-order valence-electron chi connectivity index (χ0n) is 9.32. The van der Waals surface area contributed by atoms with E-state index in [1.54, 1.807) is 0 Å². The molecular formula is C13H13F2N. The molecule has 1 aliphatic rings. The lowest BCUT2D eigenvalue weighted by Gasteiger charge is -2.16. The van der Waals surface area contributed by atoms with E-state index < -0.39 is 11.6 Å². The molecule has 0 saturated heterocycles. The largest absolute Gasteiger partial charge is 0.355 e. The van der Waals surface area contributed by atoms with E-state index in [1.807, 2.05) is 0 Å². The molecule has 84 valence electrons. The molecule has 3 rings (SSSR count). The number of hydrogen-bond acceptors (Lipinski definition) is 0. The summed E-state index contributed by atoms with van der Waals surface area (Å²) >= 11 is 0. The summed E-state index contributed by atoms with van der Waals surface area (Å²) in [7, 11) is 0. The Balaban J connectivity index is 2.40. The second kappa shape index (κ2) is 2.84. The maximum absolute atomic E-state index is 13.6. The predicted molar refractivity (Wildman–Crippen MR) is 59.6 cm³/mol. The molecule has 1 aliphatic carbocycles. The number of H-pyrrole nitrogens is 1. The van der Waals surface area contributed by atoms with Gasteiger partial charge in [0.1, 0.15) is 11.6 Å².